The van der Waals surface area contributed by atoms with Crippen molar-refractivity contribution in [1.82, 2.24) is 0 Å². The van der Waals surface area contributed by atoms with E-state index in [9.17, 15) is 4.79 Å². The van der Waals surface area contributed by atoms with Gasteiger partial charge in [-0.25, -0.2) is 0 Å². The molecule has 20 heavy (non-hydrogen) atoms. The largest absolute Gasteiger partial charge is 0.481 e. The van der Waals surface area contributed by atoms with Gasteiger partial charge in [0.2, 0.25) is 0 Å². The molecule has 2 rings (SSSR count). The Morgan fingerprint density at radius 2 is 1.85 bits per heavy atom. The van der Waals surface area contributed by atoms with Crippen molar-refractivity contribution in [2.45, 2.75) is 62.7 Å². The molecule has 1 atom stereocenters. The van der Waals surface area contributed by atoms with Gasteiger partial charge in [-0.1, -0.05) is 43.5 Å². The van der Waals surface area contributed by atoms with Crippen molar-refractivity contribution in [2.24, 2.45) is 0 Å². The Hall–Kier alpha value is -1.02. The molecule has 110 valence electrons. The van der Waals surface area contributed by atoms with Crippen LogP contribution in [0.15, 0.2) is 24.3 Å². The lowest BCUT2D eigenvalue weighted by molar-refractivity contribution is -0.137. The predicted octanol–water partition coefficient (Wildman–Crippen LogP) is 5.27. The Morgan fingerprint density at radius 1 is 1.20 bits per heavy atom. The molecule has 0 radical (unpaired) electrons. The van der Waals surface area contributed by atoms with Crippen molar-refractivity contribution in [1.29, 1.82) is 0 Å². The van der Waals surface area contributed by atoms with Crippen LogP contribution in [0.1, 0.15) is 73.8 Å². The van der Waals surface area contributed by atoms with E-state index < -0.39 is 5.97 Å². The van der Waals surface area contributed by atoms with Crippen molar-refractivity contribution in [3.8, 4) is 0 Å². The van der Waals surface area contributed by atoms with E-state index in [2.05, 4.69) is 24.3 Å². The first kappa shape index (κ1) is 15.4. The Morgan fingerprint density at radius 3 is 2.45 bits per heavy atom. The van der Waals surface area contributed by atoms with Crippen molar-refractivity contribution in [2.75, 3.05) is 0 Å². The molecule has 1 fully saturated rings. The lowest BCUT2D eigenvalue weighted by atomic mass is 9.84. The molecule has 0 aliphatic heterocycles. The molecule has 0 spiro atoms. The van der Waals surface area contributed by atoms with Gasteiger partial charge in [0.15, 0.2) is 0 Å². The number of alkyl halides is 1. The average molecular weight is 295 g/mol. The lowest BCUT2D eigenvalue weighted by Crippen LogP contribution is -2.04. The normalized spacial score (nSPS) is 17.9. The summed E-state index contributed by atoms with van der Waals surface area (Å²) in [7, 11) is 0. The second-order valence-electron chi connectivity index (χ2n) is 5.76. The van der Waals surface area contributed by atoms with Gasteiger partial charge in [-0.3, -0.25) is 4.79 Å². The molecular formula is C17H23ClO2. The molecule has 1 saturated carbocycles. The molecule has 3 heteroatoms. The first-order valence-electron chi connectivity index (χ1n) is 7.62. The molecule has 0 aromatic heterocycles. The Kier molecular flexibility index (Phi) is 5.90. The van der Waals surface area contributed by atoms with Crippen LogP contribution < -0.4 is 0 Å². The molecule has 2 nitrogen and oxygen atoms in total. The molecule has 1 aliphatic carbocycles. The summed E-state index contributed by atoms with van der Waals surface area (Å²) in [6, 6.07) is 8.64. The van der Waals surface area contributed by atoms with Crippen molar-refractivity contribution < 1.29 is 9.90 Å². The first-order chi connectivity index (χ1) is 9.66. The molecule has 0 heterocycles. The van der Waals surface area contributed by atoms with Gasteiger partial charge in [0.25, 0.3) is 0 Å². The summed E-state index contributed by atoms with van der Waals surface area (Å²) in [4.78, 5) is 10.5. The maximum Gasteiger partial charge on any atom is 0.303 e. The number of rotatable bonds is 6. The van der Waals surface area contributed by atoms with E-state index in [-0.39, 0.29) is 11.8 Å². The van der Waals surface area contributed by atoms with E-state index in [0.29, 0.717) is 6.42 Å². The van der Waals surface area contributed by atoms with E-state index in [4.69, 9.17) is 16.7 Å². The van der Waals surface area contributed by atoms with Crippen LogP contribution in [0.4, 0.5) is 0 Å². The number of carboxylic acids is 1. The van der Waals surface area contributed by atoms with Crippen LogP contribution in [0, 0.1) is 0 Å². The third-order valence-corrected chi connectivity index (χ3v) is 4.69. The highest BCUT2D eigenvalue weighted by Crippen LogP contribution is 2.34. The van der Waals surface area contributed by atoms with Crippen LogP contribution in [0.3, 0.4) is 0 Å². The zero-order chi connectivity index (χ0) is 14.4. The van der Waals surface area contributed by atoms with E-state index >= 15 is 0 Å². The lowest BCUT2D eigenvalue weighted by Gasteiger charge is -2.22. The maximum absolute atomic E-state index is 10.5. The molecule has 1 aliphatic rings. The fourth-order valence-corrected chi connectivity index (χ4v) is 3.31. The summed E-state index contributed by atoms with van der Waals surface area (Å²) in [5.41, 5.74) is 2.54. The van der Waals surface area contributed by atoms with E-state index in [0.717, 1.165) is 17.9 Å². The fourth-order valence-electron chi connectivity index (χ4n) is 3.01. The maximum atomic E-state index is 10.5. The fraction of sp³-hybridized carbons (Fsp3) is 0.588. The Balaban J connectivity index is 1.88. The molecule has 1 aromatic carbocycles. The van der Waals surface area contributed by atoms with Gasteiger partial charge < -0.3 is 5.11 Å². The highest BCUT2D eigenvalue weighted by atomic mass is 35.5. The minimum Gasteiger partial charge on any atom is -0.481 e. The van der Waals surface area contributed by atoms with Crippen molar-refractivity contribution in [3.63, 3.8) is 0 Å². The monoisotopic (exact) mass is 294 g/mol. The van der Waals surface area contributed by atoms with Gasteiger partial charge >= 0.3 is 5.97 Å². The predicted molar refractivity (Wildman–Crippen MR) is 82.3 cm³/mol. The van der Waals surface area contributed by atoms with Gasteiger partial charge in [-0.05, 0) is 42.7 Å². The minimum absolute atomic E-state index is 0.0743. The number of carbonyl (C=O) groups is 1. The van der Waals surface area contributed by atoms with Crippen molar-refractivity contribution >= 4 is 17.6 Å². The van der Waals surface area contributed by atoms with Crippen molar-refractivity contribution in [3.05, 3.63) is 35.4 Å². The van der Waals surface area contributed by atoms with Crippen LogP contribution in [0.5, 0.6) is 0 Å². The molecule has 0 amide bonds. The number of carboxylic acid groups (broad SMARTS) is 1. The summed E-state index contributed by atoms with van der Waals surface area (Å²) < 4.78 is 0. The van der Waals surface area contributed by atoms with Crippen LogP contribution in [-0.4, -0.2) is 11.1 Å². The first-order valence-corrected chi connectivity index (χ1v) is 8.06. The van der Waals surface area contributed by atoms with E-state index in [1.54, 1.807) is 0 Å². The minimum atomic E-state index is -0.749. The topological polar surface area (TPSA) is 37.3 Å². The van der Waals surface area contributed by atoms with Gasteiger partial charge in [-0.15, -0.1) is 11.6 Å². The molecule has 1 unspecified atom stereocenters. The average Bonchev–Trinajstić information content (AvgIpc) is 2.48. The molecule has 0 saturated heterocycles. The van der Waals surface area contributed by atoms with Crippen LogP contribution in [0.2, 0.25) is 0 Å². The SMILES string of the molecule is O=C(O)CCCC(Cl)c1ccc(C2CCCCC2)cc1. The number of halogens is 1. The molecule has 1 aromatic rings. The number of benzene rings is 1. The van der Waals surface area contributed by atoms with Crippen LogP contribution >= 0.6 is 11.6 Å². The van der Waals surface area contributed by atoms with E-state index in [1.807, 2.05) is 0 Å². The van der Waals surface area contributed by atoms with Crippen LogP contribution in [-0.2, 0) is 4.79 Å². The molecule has 0 bridgehead atoms. The standard InChI is InChI=1S/C17H23ClO2/c18-16(7-4-8-17(19)20)15-11-9-14(10-12-15)13-5-2-1-3-6-13/h9-13,16H,1-8H2,(H,19,20). The third kappa shape index (κ3) is 4.52. The quantitative estimate of drug-likeness (QED) is 0.726. The second kappa shape index (κ2) is 7.68. The van der Waals surface area contributed by atoms with Gasteiger partial charge in [0.05, 0.1) is 5.38 Å². The van der Waals surface area contributed by atoms with Gasteiger partial charge in [0, 0.05) is 6.42 Å². The highest BCUT2D eigenvalue weighted by Gasteiger charge is 2.16. The summed E-state index contributed by atoms with van der Waals surface area (Å²) in [5.74, 6) is -0.0277. The zero-order valence-electron chi connectivity index (χ0n) is 11.9. The number of hydrogen-bond acceptors (Lipinski definition) is 1. The van der Waals surface area contributed by atoms with Gasteiger partial charge in [0.1, 0.15) is 0 Å². The number of aliphatic carboxylic acids is 1. The number of hydrogen-bond donors (Lipinski definition) is 1. The summed E-state index contributed by atoms with van der Waals surface area (Å²) in [6.45, 7) is 0. The summed E-state index contributed by atoms with van der Waals surface area (Å²) in [5, 5.41) is 8.56. The van der Waals surface area contributed by atoms with Gasteiger partial charge in [-0.2, -0.15) is 0 Å². The highest BCUT2D eigenvalue weighted by molar-refractivity contribution is 6.20. The Labute approximate surface area is 126 Å². The Bertz CT molecular complexity index is 421. The second-order valence-corrected chi connectivity index (χ2v) is 6.28. The molecular weight excluding hydrogens is 272 g/mol. The van der Waals surface area contributed by atoms with Crippen LogP contribution in [0.25, 0.3) is 0 Å². The third-order valence-electron chi connectivity index (χ3n) is 4.22. The zero-order valence-corrected chi connectivity index (χ0v) is 12.6. The smallest absolute Gasteiger partial charge is 0.303 e. The summed E-state index contributed by atoms with van der Waals surface area (Å²) in [6.07, 6.45) is 8.24. The van der Waals surface area contributed by atoms with E-state index in [1.165, 1.54) is 37.7 Å². The summed E-state index contributed by atoms with van der Waals surface area (Å²) >= 11 is 6.33. The molecule has 1 N–H and O–H groups in total.